The van der Waals surface area contributed by atoms with Crippen molar-refractivity contribution in [2.24, 2.45) is 0 Å². The zero-order valence-corrected chi connectivity index (χ0v) is 9.60. The summed E-state index contributed by atoms with van der Waals surface area (Å²) in [6.45, 7) is 0.644. The van der Waals surface area contributed by atoms with Crippen LogP contribution in [0.4, 0.5) is 15.9 Å². The smallest absolute Gasteiger partial charge is 0.128 e. The fraction of sp³-hybridized carbons (Fsp3) is 0.154. The van der Waals surface area contributed by atoms with Gasteiger partial charge in [0.25, 0.3) is 0 Å². The molecule has 0 atom stereocenters. The van der Waals surface area contributed by atoms with Gasteiger partial charge in [0.05, 0.1) is 0 Å². The molecule has 0 saturated carbocycles. The van der Waals surface area contributed by atoms with Gasteiger partial charge < -0.3 is 10.6 Å². The largest absolute Gasteiger partial charge is 0.383 e. The van der Waals surface area contributed by atoms with E-state index in [0.717, 1.165) is 11.3 Å². The SMILES string of the molecule is CN(Cc1cccnc1N)c1ccc(F)cc1. The molecule has 0 aliphatic carbocycles. The van der Waals surface area contributed by atoms with E-state index in [-0.39, 0.29) is 5.82 Å². The Morgan fingerprint density at radius 2 is 1.94 bits per heavy atom. The Morgan fingerprint density at radius 1 is 1.24 bits per heavy atom. The van der Waals surface area contributed by atoms with Crippen molar-refractivity contribution >= 4 is 11.5 Å². The maximum Gasteiger partial charge on any atom is 0.128 e. The number of aromatic nitrogens is 1. The molecule has 0 bridgehead atoms. The van der Waals surface area contributed by atoms with E-state index in [2.05, 4.69) is 4.98 Å². The van der Waals surface area contributed by atoms with Crippen molar-refractivity contribution in [1.82, 2.24) is 4.98 Å². The molecule has 17 heavy (non-hydrogen) atoms. The van der Waals surface area contributed by atoms with Gasteiger partial charge in [-0.05, 0) is 30.3 Å². The average molecular weight is 231 g/mol. The molecule has 0 aliphatic rings. The summed E-state index contributed by atoms with van der Waals surface area (Å²) in [6.07, 6.45) is 1.66. The molecule has 0 radical (unpaired) electrons. The van der Waals surface area contributed by atoms with E-state index >= 15 is 0 Å². The summed E-state index contributed by atoms with van der Waals surface area (Å²) in [5.74, 6) is 0.296. The number of pyridine rings is 1. The first-order valence-corrected chi connectivity index (χ1v) is 5.33. The van der Waals surface area contributed by atoms with Crippen LogP contribution in [0.25, 0.3) is 0 Å². The molecular weight excluding hydrogens is 217 g/mol. The molecule has 0 unspecified atom stereocenters. The molecule has 1 aromatic carbocycles. The quantitative estimate of drug-likeness (QED) is 0.882. The molecule has 0 spiro atoms. The molecule has 0 saturated heterocycles. The predicted octanol–water partition coefficient (Wildman–Crippen LogP) is 2.44. The van der Waals surface area contributed by atoms with E-state index in [4.69, 9.17) is 5.73 Å². The first-order valence-electron chi connectivity index (χ1n) is 5.33. The van der Waals surface area contributed by atoms with Crippen molar-refractivity contribution in [3.63, 3.8) is 0 Å². The van der Waals surface area contributed by atoms with Crippen LogP contribution < -0.4 is 10.6 Å². The molecule has 88 valence electrons. The number of nitrogens with two attached hydrogens (primary N) is 1. The highest BCUT2D eigenvalue weighted by molar-refractivity contribution is 5.48. The van der Waals surface area contributed by atoms with E-state index in [1.165, 1.54) is 12.1 Å². The van der Waals surface area contributed by atoms with E-state index in [0.29, 0.717) is 12.4 Å². The molecule has 1 heterocycles. The standard InChI is InChI=1S/C13H14FN3/c1-17(12-6-4-11(14)5-7-12)9-10-3-2-8-16-13(10)15/h2-8H,9H2,1H3,(H2,15,16). The second kappa shape index (κ2) is 4.82. The molecule has 0 amide bonds. The van der Waals surface area contributed by atoms with Gasteiger partial charge in [0.2, 0.25) is 0 Å². The second-order valence-electron chi connectivity index (χ2n) is 3.88. The minimum atomic E-state index is -0.233. The summed E-state index contributed by atoms with van der Waals surface area (Å²) in [5.41, 5.74) is 7.67. The summed E-state index contributed by atoms with van der Waals surface area (Å²) in [6, 6.07) is 10.1. The van der Waals surface area contributed by atoms with Gasteiger partial charge >= 0.3 is 0 Å². The van der Waals surface area contributed by atoms with E-state index in [1.54, 1.807) is 18.3 Å². The Kier molecular flexibility index (Phi) is 3.23. The molecule has 1 aromatic heterocycles. The van der Waals surface area contributed by atoms with Gasteiger partial charge in [-0.15, -0.1) is 0 Å². The Balaban J connectivity index is 2.14. The van der Waals surface area contributed by atoms with Gasteiger partial charge in [-0.25, -0.2) is 9.37 Å². The summed E-state index contributed by atoms with van der Waals surface area (Å²) in [4.78, 5) is 6.02. The van der Waals surface area contributed by atoms with Gasteiger partial charge in [-0.1, -0.05) is 6.07 Å². The Morgan fingerprint density at radius 3 is 2.59 bits per heavy atom. The van der Waals surface area contributed by atoms with Crippen molar-refractivity contribution in [2.75, 3.05) is 17.7 Å². The third-order valence-corrected chi connectivity index (χ3v) is 2.60. The summed E-state index contributed by atoms with van der Waals surface area (Å²) >= 11 is 0. The lowest BCUT2D eigenvalue weighted by atomic mass is 10.2. The Bertz CT molecular complexity index is 496. The van der Waals surface area contributed by atoms with Crippen LogP contribution in [0.15, 0.2) is 42.6 Å². The lowest BCUT2D eigenvalue weighted by molar-refractivity contribution is 0.627. The van der Waals surface area contributed by atoms with Crippen molar-refractivity contribution < 1.29 is 4.39 Å². The molecule has 2 aromatic rings. The number of hydrogen-bond donors (Lipinski definition) is 1. The van der Waals surface area contributed by atoms with Crippen LogP contribution in [0.1, 0.15) is 5.56 Å². The molecular formula is C13H14FN3. The second-order valence-corrected chi connectivity index (χ2v) is 3.88. The van der Waals surface area contributed by atoms with E-state index in [9.17, 15) is 4.39 Å². The molecule has 2 N–H and O–H groups in total. The van der Waals surface area contributed by atoms with Crippen LogP contribution in [-0.2, 0) is 6.54 Å². The van der Waals surface area contributed by atoms with Gasteiger partial charge in [0, 0.05) is 31.0 Å². The Labute approximate surface area is 99.7 Å². The first kappa shape index (κ1) is 11.4. The van der Waals surface area contributed by atoms with E-state index < -0.39 is 0 Å². The zero-order valence-electron chi connectivity index (χ0n) is 9.60. The number of nitrogen functional groups attached to an aromatic ring is 1. The Hall–Kier alpha value is -2.10. The van der Waals surface area contributed by atoms with Crippen LogP contribution in [0, 0.1) is 5.82 Å². The summed E-state index contributed by atoms with van der Waals surface area (Å²) in [5, 5.41) is 0. The van der Waals surface area contributed by atoms with Crippen molar-refractivity contribution in [3.8, 4) is 0 Å². The molecule has 0 aliphatic heterocycles. The number of benzene rings is 1. The summed E-state index contributed by atoms with van der Waals surface area (Å²) in [7, 11) is 1.93. The van der Waals surface area contributed by atoms with Gasteiger partial charge in [0.1, 0.15) is 11.6 Å². The lowest BCUT2D eigenvalue weighted by Gasteiger charge is -2.19. The van der Waals surface area contributed by atoms with E-state index in [1.807, 2.05) is 24.1 Å². The zero-order chi connectivity index (χ0) is 12.3. The maximum absolute atomic E-state index is 12.8. The van der Waals surface area contributed by atoms with Crippen molar-refractivity contribution in [1.29, 1.82) is 0 Å². The third-order valence-electron chi connectivity index (χ3n) is 2.60. The van der Waals surface area contributed by atoms with Gasteiger partial charge in [-0.2, -0.15) is 0 Å². The van der Waals surface area contributed by atoms with Crippen LogP contribution >= 0.6 is 0 Å². The van der Waals surface area contributed by atoms with Crippen LogP contribution in [0.5, 0.6) is 0 Å². The minimum absolute atomic E-state index is 0.233. The molecule has 0 fully saturated rings. The highest BCUT2D eigenvalue weighted by Crippen LogP contribution is 2.17. The van der Waals surface area contributed by atoms with Crippen molar-refractivity contribution in [2.45, 2.75) is 6.54 Å². The molecule has 3 nitrogen and oxygen atoms in total. The number of halogens is 1. The van der Waals surface area contributed by atoms with Gasteiger partial charge in [-0.3, -0.25) is 0 Å². The molecule has 4 heteroatoms. The number of hydrogen-bond acceptors (Lipinski definition) is 3. The van der Waals surface area contributed by atoms with Crippen LogP contribution in [-0.4, -0.2) is 12.0 Å². The normalized spacial score (nSPS) is 10.2. The van der Waals surface area contributed by atoms with Gasteiger partial charge in [0.15, 0.2) is 0 Å². The fourth-order valence-corrected chi connectivity index (χ4v) is 1.63. The lowest BCUT2D eigenvalue weighted by Crippen LogP contribution is -2.17. The maximum atomic E-state index is 12.8. The average Bonchev–Trinajstić information content (AvgIpc) is 2.33. The number of anilines is 2. The van der Waals surface area contributed by atoms with Crippen LogP contribution in [0.2, 0.25) is 0 Å². The predicted molar refractivity (Wildman–Crippen MR) is 67.2 cm³/mol. The first-order chi connectivity index (χ1) is 8.16. The minimum Gasteiger partial charge on any atom is -0.383 e. The monoisotopic (exact) mass is 231 g/mol. The third kappa shape index (κ3) is 2.72. The highest BCUT2D eigenvalue weighted by atomic mass is 19.1. The van der Waals surface area contributed by atoms with Crippen molar-refractivity contribution in [3.05, 3.63) is 54.0 Å². The number of rotatable bonds is 3. The summed E-state index contributed by atoms with van der Waals surface area (Å²) < 4.78 is 12.8. The topological polar surface area (TPSA) is 42.2 Å². The van der Waals surface area contributed by atoms with Crippen LogP contribution in [0.3, 0.4) is 0 Å². The fourth-order valence-electron chi connectivity index (χ4n) is 1.63. The number of nitrogens with zero attached hydrogens (tertiary/aromatic N) is 2. The highest BCUT2D eigenvalue weighted by Gasteiger charge is 2.05. The molecule has 2 rings (SSSR count).